The number of para-hydroxylation sites is 1. The SMILES string of the molecule is NS(=O)(=O)c1ccccc1NC(=S)N=Nc1c(O)n(Cc2ccccc2)c2cc(Br)ccc12. The van der Waals surface area contributed by atoms with Crippen LogP contribution in [0.1, 0.15) is 5.56 Å². The Labute approximate surface area is 203 Å². The number of rotatable bonds is 5. The number of sulfonamides is 1. The van der Waals surface area contributed by atoms with Gasteiger partial charge in [0, 0.05) is 9.86 Å². The van der Waals surface area contributed by atoms with Crippen LogP contribution >= 0.6 is 28.1 Å². The van der Waals surface area contributed by atoms with Crippen molar-refractivity contribution in [3.05, 3.63) is 82.8 Å². The number of nitrogens with zero attached hydrogens (tertiary/aromatic N) is 3. The van der Waals surface area contributed by atoms with Gasteiger partial charge in [-0.3, -0.25) is 0 Å². The van der Waals surface area contributed by atoms with Crippen molar-refractivity contribution in [2.45, 2.75) is 11.4 Å². The number of halogens is 1. The number of nitrogens with one attached hydrogen (secondary N) is 1. The highest BCUT2D eigenvalue weighted by atomic mass is 79.9. The van der Waals surface area contributed by atoms with Crippen LogP contribution in [0.2, 0.25) is 0 Å². The van der Waals surface area contributed by atoms with E-state index in [0.717, 1.165) is 15.6 Å². The summed E-state index contributed by atoms with van der Waals surface area (Å²) >= 11 is 8.68. The van der Waals surface area contributed by atoms with Crippen LogP contribution in [0.4, 0.5) is 11.4 Å². The van der Waals surface area contributed by atoms with Crippen molar-refractivity contribution in [2.24, 2.45) is 15.4 Å². The van der Waals surface area contributed by atoms with Crippen LogP contribution in [0.3, 0.4) is 0 Å². The molecule has 0 atom stereocenters. The lowest BCUT2D eigenvalue weighted by Gasteiger charge is -2.08. The van der Waals surface area contributed by atoms with E-state index in [1.54, 1.807) is 16.7 Å². The van der Waals surface area contributed by atoms with Crippen molar-refractivity contribution in [1.82, 2.24) is 4.57 Å². The fourth-order valence-electron chi connectivity index (χ4n) is 3.37. The van der Waals surface area contributed by atoms with Gasteiger partial charge >= 0.3 is 0 Å². The second-order valence-corrected chi connectivity index (χ2v) is 9.91. The van der Waals surface area contributed by atoms with Crippen molar-refractivity contribution < 1.29 is 13.5 Å². The largest absolute Gasteiger partial charge is 0.493 e. The van der Waals surface area contributed by atoms with Gasteiger partial charge in [-0.05, 0) is 48.1 Å². The van der Waals surface area contributed by atoms with E-state index in [4.69, 9.17) is 17.4 Å². The number of benzene rings is 3. The summed E-state index contributed by atoms with van der Waals surface area (Å²) in [5.41, 5.74) is 2.20. The first-order chi connectivity index (χ1) is 15.7. The number of thiocarbonyl (C=S) groups is 1. The zero-order valence-electron chi connectivity index (χ0n) is 17.0. The molecule has 33 heavy (non-hydrogen) atoms. The summed E-state index contributed by atoms with van der Waals surface area (Å²) in [6.45, 7) is 0.430. The normalized spacial score (nSPS) is 11.8. The average molecular weight is 544 g/mol. The second-order valence-electron chi connectivity index (χ2n) is 7.08. The maximum atomic E-state index is 11.8. The van der Waals surface area contributed by atoms with Crippen molar-refractivity contribution in [1.29, 1.82) is 0 Å². The molecule has 168 valence electrons. The van der Waals surface area contributed by atoms with Gasteiger partial charge in [-0.15, -0.1) is 10.2 Å². The molecule has 0 saturated heterocycles. The minimum atomic E-state index is -3.95. The number of aromatic hydroxyl groups is 1. The minimum absolute atomic E-state index is 0.0663. The number of nitrogens with two attached hydrogens (primary N) is 1. The van der Waals surface area contributed by atoms with E-state index in [0.29, 0.717) is 11.9 Å². The molecule has 0 aliphatic heterocycles. The van der Waals surface area contributed by atoms with Gasteiger partial charge in [-0.2, -0.15) is 0 Å². The molecular formula is C22H18BrN5O3S2. The topological polar surface area (TPSA) is 122 Å². The summed E-state index contributed by atoms with van der Waals surface area (Å²) in [5, 5.41) is 27.7. The van der Waals surface area contributed by atoms with E-state index in [9.17, 15) is 13.5 Å². The molecule has 1 heterocycles. The molecule has 0 saturated carbocycles. The Morgan fingerprint density at radius 3 is 2.52 bits per heavy atom. The number of hydrogen-bond acceptors (Lipinski definition) is 5. The molecule has 0 aliphatic carbocycles. The third-order valence-corrected chi connectivity index (χ3v) is 6.48. The van der Waals surface area contributed by atoms with Crippen LogP contribution in [0.15, 0.2) is 92.4 Å². The molecule has 4 N–H and O–H groups in total. The highest BCUT2D eigenvalue weighted by molar-refractivity contribution is 9.10. The molecule has 0 radical (unpaired) electrons. The number of anilines is 1. The van der Waals surface area contributed by atoms with Crippen molar-refractivity contribution >= 4 is 65.6 Å². The number of primary sulfonamides is 1. The predicted octanol–water partition coefficient (Wildman–Crippen LogP) is 5.29. The molecule has 8 nitrogen and oxygen atoms in total. The Bertz CT molecular complexity index is 1480. The number of aromatic nitrogens is 1. The average Bonchev–Trinajstić information content (AvgIpc) is 3.03. The zero-order chi connectivity index (χ0) is 23.6. The standard InChI is InChI=1S/C22H18BrN5O3S2/c23-15-10-11-16-18(12-15)28(13-14-6-2-1-3-7-14)21(29)20(16)26-27-22(32)25-17-8-4-5-9-19(17)33(24,30)31/h1-12,29H,13H2,(H,25,32)(H2,24,30,31). The van der Waals surface area contributed by atoms with E-state index < -0.39 is 10.0 Å². The molecule has 0 bridgehead atoms. The summed E-state index contributed by atoms with van der Waals surface area (Å²) in [6.07, 6.45) is 0. The molecule has 0 spiro atoms. The van der Waals surface area contributed by atoms with Crippen LogP contribution in [-0.2, 0) is 16.6 Å². The molecule has 11 heteroatoms. The molecule has 4 aromatic rings. The fraction of sp³-hybridized carbons (Fsp3) is 0.0455. The van der Waals surface area contributed by atoms with Crippen molar-refractivity contribution in [3.8, 4) is 5.88 Å². The van der Waals surface area contributed by atoms with E-state index in [1.807, 2.05) is 48.5 Å². The first-order valence-electron chi connectivity index (χ1n) is 9.63. The van der Waals surface area contributed by atoms with E-state index >= 15 is 0 Å². The van der Waals surface area contributed by atoms with Gasteiger partial charge in [0.1, 0.15) is 4.90 Å². The van der Waals surface area contributed by atoms with Gasteiger partial charge in [0.15, 0.2) is 5.69 Å². The Morgan fingerprint density at radius 1 is 1.09 bits per heavy atom. The van der Waals surface area contributed by atoms with Gasteiger partial charge in [-0.1, -0.05) is 58.4 Å². The second kappa shape index (κ2) is 9.40. The van der Waals surface area contributed by atoms with E-state index in [-0.39, 0.29) is 27.3 Å². The van der Waals surface area contributed by atoms with Crippen LogP contribution in [0.25, 0.3) is 10.9 Å². The molecule has 1 aromatic heterocycles. The molecule has 3 aromatic carbocycles. The molecule has 0 unspecified atom stereocenters. The molecular weight excluding hydrogens is 526 g/mol. The van der Waals surface area contributed by atoms with Crippen LogP contribution in [0.5, 0.6) is 5.88 Å². The lowest BCUT2D eigenvalue weighted by Crippen LogP contribution is -2.16. The first kappa shape index (κ1) is 23.1. The minimum Gasteiger partial charge on any atom is -0.493 e. The summed E-state index contributed by atoms with van der Waals surface area (Å²) < 4.78 is 26.2. The lowest BCUT2D eigenvalue weighted by molar-refractivity contribution is 0.429. The summed E-state index contributed by atoms with van der Waals surface area (Å²) in [6, 6.07) is 21.3. The fourth-order valence-corrected chi connectivity index (χ4v) is 4.56. The predicted molar refractivity (Wildman–Crippen MR) is 135 cm³/mol. The van der Waals surface area contributed by atoms with Gasteiger partial charge < -0.3 is 15.0 Å². The summed E-state index contributed by atoms with van der Waals surface area (Å²) in [5.74, 6) is -0.0663. The highest BCUT2D eigenvalue weighted by Crippen LogP contribution is 2.40. The zero-order valence-corrected chi connectivity index (χ0v) is 20.2. The van der Waals surface area contributed by atoms with Crippen LogP contribution in [-0.4, -0.2) is 23.2 Å². The summed E-state index contributed by atoms with van der Waals surface area (Å²) in [7, 11) is -3.95. The molecule has 4 rings (SSSR count). The van der Waals surface area contributed by atoms with Gasteiger partial charge in [0.2, 0.25) is 21.0 Å². The lowest BCUT2D eigenvalue weighted by atomic mass is 10.2. The van der Waals surface area contributed by atoms with E-state index in [2.05, 4.69) is 31.5 Å². The first-order valence-corrected chi connectivity index (χ1v) is 12.4. The number of azo groups is 1. The van der Waals surface area contributed by atoms with Crippen molar-refractivity contribution in [2.75, 3.05) is 5.32 Å². The Balaban J connectivity index is 1.68. The summed E-state index contributed by atoms with van der Waals surface area (Å²) in [4.78, 5) is -0.116. The molecule has 0 amide bonds. The van der Waals surface area contributed by atoms with Gasteiger partial charge in [-0.25, -0.2) is 13.6 Å². The van der Waals surface area contributed by atoms with Crippen LogP contribution in [0, 0.1) is 0 Å². The Hall–Kier alpha value is -3.12. The van der Waals surface area contributed by atoms with Crippen molar-refractivity contribution in [3.63, 3.8) is 0 Å². The van der Waals surface area contributed by atoms with Crippen LogP contribution < -0.4 is 10.5 Å². The highest BCUT2D eigenvalue weighted by Gasteiger charge is 2.18. The maximum absolute atomic E-state index is 11.8. The third kappa shape index (κ3) is 5.11. The van der Waals surface area contributed by atoms with Gasteiger partial charge in [0.25, 0.3) is 0 Å². The van der Waals surface area contributed by atoms with E-state index in [1.165, 1.54) is 12.1 Å². The monoisotopic (exact) mass is 543 g/mol. The smallest absolute Gasteiger partial charge is 0.240 e. The maximum Gasteiger partial charge on any atom is 0.240 e. The molecule has 0 fully saturated rings. The quantitative estimate of drug-likeness (QED) is 0.233. The molecule has 0 aliphatic rings. The number of fused-ring (bicyclic) bond motifs is 1. The van der Waals surface area contributed by atoms with Gasteiger partial charge in [0.05, 0.1) is 17.7 Å². The Kier molecular flexibility index (Phi) is 6.56. The Morgan fingerprint density at radius 2 is 1.79 bits per heavy atom. The number of hydrogen-bond donors (Lipinski definition) is 3. The third-order valence-electron chi connectivity index (χ3n) is 4.83.